The lowest BCUT2D eigenvalue weighted by atomic mass is 10.3. The summed E-state index contributed by atoms with van der Waals surface area (Å²) < 4.78 is 6.87. The molecule has 0 amide bonds. The van der Waals surface area contributed by atoms with Gasteiger partial charge in [-0.3, -0.25) is 9.58 Å². The maximum absolute atomic E-state index is 5.76. The third kappa shape index (κ3) is 3.29. The van der Waals surface area contributed by atoms with Crippen LogP contribution in [0.5, 0.6) is 0 Å². The lowest BCUT2D eigenvalue weighted by Crippen LogP contribution is -2.34. The summed E-state index contributed by atoms with van der Waals surface area (Å²) >= 11 is 5.76. The second-order valence-corrected chi connectivity index (χ2v) is 3.84. The molecule has 1 unspecified atom stereocenters. The fourth-order valence-electron chi connectivity index (χ4n) is 1.15. The van der Waals surface area contributed by atoms with Crippen molar-refractivity contribution in [3.63, 3.8) is 0 Å². The Labute approximate surface area is 89.4 Å². The number of aromatic nitrogens is 2. The molecule has 0 saturated heterocycles. The number of methoxy groups -OCH3 is 1. The molecule has 0 saturated carbocycles. The second-order valence-electron chi connectivity index (χ2n) is 3.40. The quantitative estimate of drug-likeness (QED) is 0.748. The maximum atomic E-state index is 5.76. The van der Waals surface area contributed by atoms with Crippen molar-refractivity contribution in [3.8, 4) is 0 Å². The SMILES string of the molecule is COCC(C)N(C)Cn1cc(Cl)cn1. The molecule has 5 heteroatoms. The lowest BCUT2D eigenvalue weighted by Gasteiger charge is -2.23. The number of ether oxygens (including phenoxy) is 1. The molecule has 0 N–H and O–H groups in total. The molecule has 0 aliphatic carbocycles. The van der Waals surface area contributed by atoms with Crippen LogP contribution in [0, 0.1) is 0 Å². The van der Waals surface area contributed by atoms with Crippen molar-refractivity contribution in [2.24, 2.45) is 0 Å². The standard InChI is InChI=1S/C9H16ClN3O/c1-8(6-14-3)12(2)7-13-5-9(10)4-11-13/h4-5,8H,6-7H2,1-3H3. The fraction of sp³-hybridized carbons (Fsp3) is 0.667. The molecule has 14 heavy (non-hydrogen) atoms. The van der Waals surface area contributed by atoms with Gasteiger partial charge in [0.1, 0.15) is 0 Å². The van der Waals surface area contributed by atoms with Crippen LogP contribution in [0.4, 0.5) is 0 Å². The highest BCUT2D eigenvalue weighted by atomic mass is 35.5. The maximum Gasteiger partial charge on any atom is 0.0929 e. The highest BCUT2D eigenvalue weighted by Gasteiger charge is 2.09. The van der Waals surface area contributed by atoms with E-state index < -0.39 is 0 Å². The fourth-order valence-corrected chi connectivity index (χ4v) is 1.31. The highest BCUT2D eigenvalue weighted by molar-refractivity contribution is 6.30. The predicted molar refractivity (Wildman–Crippen MR) is 56.3 cm³/mol. The Hall–Kier alpha value is -0.580. The molecule has 1 aromatic heterocycles. The summed E-state index contributed by atoms with van der Waals surface area (Å²) in [5.41, 5.74) is 0. The van der Waals surface area contributed by atoms with Crippen molar-refractivity contribution >= 4 is 11.6 Å². The lowest BCUT2D eigenvalue weighted by molar-refractivity contribution is 0.0947. The number of likely N-dealkylation sites (N-methyl/N-ethyl adjacent to an activating group) is 1. The minimum atomic E-state index is 0.364. The van der Waals surface area contributed by atoms with Crippen LogP contribution in [0.25, 0.3) is 0 Å². The van der Waals surface area contributed by atoms with E-state index in [1.54, 1.807) is 24.2 Å². The zero-order chi connectivity index (χ0) is 10.6. The zero-order valence-corrected chi connectivity index (χ0v) is 9.53. The summed E-state index contributed by atoms with van der Waals surface area (Å²) in [7, 11) is 3.73. The molecule has 0 aliphatic rings. The molecule has 1 heterocycles. The van der Waals surface area contributed by atoms with Gasteiger partial charge in [0.25, 0.3) is 0 Å². The summed E-state index contributed by atoms with van der Waals surface area (Å²) in [6.45, 7) is 3.54. The minimum Gasteiger partial charge on any atom is -0.383 e. The normalized spacial score (nSPS) is 13.5. The van der Waals surface area contributed by atoms with Crippen molar-refractivity contribution in [1.82, 2.24) is 14.7 Å². The van der Waals surface area contributed by atoms with E-state index in [1.165, 1.54) is 0 Å². The van der Waals surface area contributed by atoms with Gasteiger partial charge in [-0.05, 0) is 14.0 Å². The van der Waals surface area contributed by atoms with Crippen molar-refractivity contribution in [2.75, 3.05) is 20.8 Å². The Balaban J connectivity index is 2.43. The summed E-state index contributed by atoms with van der Waals surface area (Å²) in [4.78, 5) is 2.15. The summed E-state index contributed by atoms with van der Waals surface area (Å²) in [5, 5.41) is 4.77. The van der Waals surface area contributed by atoms with Crippen LogP contribution in [0.2, 0.25) is 5.02 Å². The highest BCUT2D eigenvalue weighted by Crippen LogP contribution is 2.06. The molecule has 1 rings (SSSR count). The zero-order valence-electron chi connectivity index (χ0n) is 8.77. The van der Waals surface area contributed by atoms with E-state index in [2.05, 4.69) is 16.9 Å². The van der Waals surface area contributed by atoms with E-state index in [9.17, 15) is 0 Å². The number of nitrogens with zero attached hydrogens (tertiary/aromatic N) is 3. The third-order valence-electron chi connectivity index (χ3n) is 2.13. The average molecular weight is 218 g/mol. The molecule has 0 spiro atoms. The largest absolute Gasteiger partial charge is 0.383 e. The summed E-state index contributed by atoms with van der Waals surface area (Å²) in [5.74, 6) is 0. The van der Waals surface area contributed by atoms with Gasteiger partial charge in [-0.25, -0.2) is 0 Å². The minimum absolute atomic E-state index is 0.364. The Bertz CT molecular complexity index is 277. The molecule has 0 radical (unpaired) electrons. The average Bonchev–Trinajstić information content (AvgIpc) is 2.51. The van der Waals surface area contributed by atoms with Crippen LogP contribution in [-0.2, 0) is 11.4 Å². The van der Waals surface area contributed by atoms with Crippen molar-refractivity contribution in [3.05, 3.63) is 17.4 Å². The number of halogens is 1. The smallest absolute Gasteiger partial charge is 0.0929 e. The van der Waals surface area contributed by atoms with Gasteiger partial charge in [-0.1, -0.05) is 11.6 Å². The first-order valence-electron chi connectivity index (χ1n) is 4.50. The topological polar surface area (TPSA) is 30.3 Å². The van der Waals surface area contributed by atoms with Gasteiger partial charge in [0, 0.05) is 19.3 Å². The van der Waals surface area contributed by atoms with Crippen LogP contribution >= 0.6 is 11.6 Å². The van der Waals surface area contributed by atoms with E-state index >= 15 is 0 Å². The molecule has 0 aromatic carbocycles. The molecule has 1 aromatic rings. The van der Waals surface area contributed by atoms with Crippen LogP contribution in [0.3, 0.4) is 0 Å². The van der Waals surface area contributed by atoms with Gasteiger partial charge >= 0.3 is 0 Å². The van der Waals surface area contributed by atoms with Crippen LogP contribution in [0.15, 0.2) is 12.4 Å². The van der Waals surface area contributed by atoms with Crippen LogP contribution in [-0.4, -0.2) is 41.5 Å². The van der Waals surface area contributed by atoms with E-state index in [0.29, 0.717) is 17.7 Å². The van der Waals surface area contributed by atoms with Crippen molar-refractivity contribution < 1.29 is 4.74 Å². The van der Waals surface area contributed by atoms with Gasteiger partial charge in [-0.15, -0.1) is 0 Å². The molecule has 0 aliphatic heterocycles. The first-order chi connectivity index (χ1) is 6.63. The Morgan fingerprint density at radius 2 is 2.43 bits per heavy atom. The number of hydrogen-bond acceptors (Lipinski definition) is 3. The Morgan fingerprint density at radius 3 is 2.93 bits per heavy atom. The summed E-state index contributed by atoms with van der Waals surface area (Å²) in [6.07, 6.45) is 3.44. The van der Waals surface area contributed by atoms with Gasteiger partial charge in [0.2, 0.25) is 0 Å². The predicted octanol–water partition coefficient (Wildman–Crippen LogP) is 1.46. The van der Waals surface area contributed by atoms with Crippen LogP contribution in [0.1, 0.15) is 6.92 Å². The number of rotatable bonds is 5. The second kappa shape index (κ2) is 5.34. The molecule has 0 bridgehead atoms. The molecular formula is C9H16ClN3O. The van der Waals surface area contributed by atoms with E-state index in [1.807, 2.05) is 7.05 Å². The molecule has 0 fully saturated rings. The summed E-state index contributed by atoms with van der Waals surface area (Å²) in [6, 6.07) is 0.364. The molecule has 1 atom stereocenters. The molecule has 80 valence electrons. The third-order valence-corrected chi connectivity index (χ3v) is 2.33. The number of hydrogen-bond donors (Lipinski definition) is 0. The van der Waals surface area contributed by atoms with Crippen LogP contribution < -0.4 is 0 Å². The van der Waals surface area contributed by atoms with E-state index in [-0.39, 0.29) is 0 Å². The van der Waals surface area contributed by atoms with Crippen molar-refractivity contribution in [2.45, 2.75) is 19.6 Å². The molecule has 4 nitrogen and oxygen atoms in total. The van der Waals surface area contributed by atoms with E-state index in [0.717, 1.165) is 6.67 Å². The first-order valence-corrected chi connectivity index (χ1v) is 4.88. The first kappa shape index (κ1) is 11.5. The van der Waals surface area contributed by atoms with Gasteiger partial charge in [0.05, 0.1) is 24.5 Å². The van der Waals surface area contributed by atoms with Crippen molar-refractivity contribution in [1.29, 1.82) is 0 Å². The van der Waals surface area contributed by atoms with Gasteiger partial charge in [0.15, 0.2) is 0 Å². The van der Waals surface area contributed by atoms with Gasteiger partial charge in [-0.2, -0.15) is 5.10 Å². The Morgan fingerprint density at radius 1 is 1.71 bits per heavy atom. The van der Waals surface area contributed by atoms with Gasteiger partial charge < -0.3 is 4.74 Å². The molecular weight excluding hydrogens is 202 g/mol. The Kier molecular flexibility index (Phi) is 4.38. The van der Waals surface area contributed by atoms with E-state index in [4.69, 9.17) is 16.3 Å². The monoisotopic (exact) mass is 217 g/mol.